The number of hydrogen-bond donors (Lipinski definition) is 3. The molecule has 1 aromatic heterocycles. The molecule has 2 aromatic carbocycles. The lowest BCUT2D eigenvalue weighted by molar-refractivity contribution is -0.124. The van der Waals surface area contributed by atoms with Crippen LogP contribution in [0.15, 0.2) is 47.3 Å². The standard InChI is InChI=1S/C22H25N5O3/c1-13-9-10-17(14(2)11-13)24-22(30)26-20(28)15(3)27(4)12-19-23-18-8-6-5-7-16(18)21(29)25-19/h5-11,15H,12H2,1-4H3,(H,23,25,29)(H2,24,26,28,30)/t15-/m0/s1. The fourth-order valence-corrected chi connectivity index (χ4v) is 3.11. The molecular weight excluding hydrogens is 382 g/mol. The number of aryl methyl sites for hydroxylation is 2. The van der Waals surface area contributed by atoms with Crippen LogP contribution in [-0.4, -0.2) is 39.9 Å². The van der Waals surface area contributed by atoms with E-state index in [0.717, 1.165) is 11.1 Å². The zero-order valence-corrected chi connectivity index (χ0v) is 17.4. The van der Waals surface area contributed by atoms with Crippen molar-refractivity contribution in [2.24, 2.45) is 0 Å². The highest BCUT2D eigenvalue weighted by molar-refractivity contribution is 6.03. The molecule has 3 amide bonds. The molecule has 0 aliphatic heterocycles. The molecule has 3 N–H and O–H groups in total. The van der Waals surface area contributed by atoms with E-state index in [2.05, 4.69) is 20.6 Å². The molecule has 30 heavy (non-hydrogen) atoms. The van der Waals surface area contributed by atoms with Crippen LogP contribution in [0, 0.1) is 13.8 Å². The van der Waals surface area contributed by atoms with Crippen molar-refractivity contribution in [3.63, 3.8) is 0 Å². The number of para-hydroxylation sites is 1. The number of carbonyl (C=O) groups is 2. The van der Waals surface area contributed by atoms with Gasteiger partial charge in [0.1, 0.15) is 5.82 Å². The number of hydrogen-bond acceptors (Lipinski definition) is 5. The fraction of sp³-hybridized carbons (Fsp3) is 0.273. The maximum absolute atomic E-state index is 12.5. The minimum Gasteiger partial charge on any atom is -0.309 e. The molecule has 0 saturated carbocycles. The lowest BCUT2D eigenvalue weighted by Gasteiger charge is -2.23. The number of carbonyl (C=O) groups excluding carboxylic acids is 2. The van der Waals surface area contributed by atoms with Crippen LogP contribution >= 0.6 is 0 Å². The number of amides is 3. The number of nitrogens with one attached hydrogen (secondary N) is 3. The van der Waals surface area contributed by atoms with Gasteiger partial charge in [-0.1, -0.05) is 29.8 Å². The Morgan fingerprint density at radius 1 is 1.17 bits per heavy atom. The fourth-order valence-electron chi connectivity index (χ4n) is 3.11. The van der Waals surface area contributed by atoms with Crippen LogP contribution in [0.5, 0.6) is 0 Å². The third kappa shape index (κ3) is 4.90. The smallest absolute Gasteiger partial charge is 0.309 e. The Labute approximate surface area is 174 Å². The molecule has 8 heteroatoms. The molecule has 0 radical (unpaired) electrons. The predicted octanol–water partition coefficient (Wildman–Crippen LogP) is 2.71. The molecule has 1 atom stereocenters. The van der Waals surface area contributed by atoms with Gasteiger partial charge in [-0.3, -0.25) is 19.8 Å². The lowest BCUT2D eigenvalue weighted by atomic mass is 10.1. The zero-order chi connectivity index (χ0) is 21.8. The zero-order valence-electron chi connectivity index (χ0n) is 17.4. The Bertz CT molecular complexity index is 1150. The van der Waals surface area contributed by atoms with Crippen molar-refractivity contribution in [2.75, 3.05) is 12.4 Å². The van der Waals surface area contributed by atoms with E-state index >= 15 is 0 Å². The van der Waals surface area contributed by atoms with Gasteiger partial charge in [-0.15, -0.1) is 0 Å². The van der Waals surface area contributed by atoms with E-state index in [1.165, 1.54) is 0 Å². The second-order valence-electron chi connectivity index (χ2n) is 7.38. The maximum atomic E-state index is 12.5. The van der Waals surface area contributed by atoms with Crippen molar-refractivity contribution in [1.82, 2.24) is 20.2 Å². The molecule has 8 nitrogen and oxygen atoms in total. The highest BCUT2D eigenvalue weighted by atomic mass is 16.2. The highest BCUT2D eigenvalue weighted by Crippen LogP contribution is 2.15. The second kappa shape index (κ2) is 8.87. The van der Waals surface area contributed by atoms with Crippen molar-refractivity contribution in [3.8, 4) is 0 Å². The molecule has 1 heterocycles. The average Bonchev–Trinajstić information content (AvgIpc) is 2.69. The van der Waals surface area contributed by atoms with Gasteiger partial charge in [0.25, 0.3) is 5.56 Å². The molecule has 0 aliphatic rings. The molecule has 0 bridgehead atoms. The molecule has 3 aromatic rings. The van der Waals surface area contributed by atoms with Crippen LogP contribution in [0.1, 0.15) is 23.9 Å². The van der Waals surface area contributed by atoms with Gasteiger partial charge < -0.3 is 10.3 Å². The van der Waals surface area contributed by atoms with Crippen LogP contribution in [-0.2, 0) is 11.3 Å². The average molecular weight is 407 g/mol. The quantitative estimate of drug-likeness (QED) is 0.603. The molecule has 3 rings (SSSR count). The number of likely N-dealkylation sites (N-methyl/N-ethyl adjacent to an activating group) is 1. The number of urea groups is 1. The van der Waals surface area contributed by atoms with Crippen LogP contribution < -0.4 is 16.2 Å². The highest BCUT2D eigenvalue weighted by Gasteiger charge is 2.21. The van der Waals surface area contributed by atoms with Gasteiger partial charge in [0, 0.05) is 5.69 Å². The molecule has 156 valence electrons. The van der Waals surface area contributed by atoms with Gasteiger partial charge in [0.15, 0.2) is 0 Å². The van der Waals surface area contributed by atoms with Crippen molar-refractivity contribution in [1.29, 1.82) is 0 Å². The topological polar surface area (TPSA) is 107 Å². The number of imide groups is 1. The van der Waals surface area contributed by atoms with Crippen LogP contribution in [0.4, 0.5) is 10.5 Å². The van der Waals surface area contributed by atoms with Crippen LogP contribution in [0.25, 0.3) is 10.9 Å². The number of aromatic amines is 1. The van der Waals surface area contributed by atoms with Gasteiger partial charge in [0.2, 0.25) is 5.91 Å². The van der Waals surface area contributed by atoms with Crippen LogP contribution in [0.3, 0.4) is 0 Å². The number of anilines is 1. The Morgan fingerprint density at radius 3 is 2.63 bits per heavy atom. The molecule has 0 fully saturated rings. The van der Waals surface area contributed by atoms with E-state index < -0.39 is 18.0 Å². The minimum absolute atomic E-state index is 0.228. The second-order valence-corrected chi connectivity index (χ2v) is 7.38. The van der Waals surface area contributed by atoms with E-state index in [1.54, 1.807) is 43.1 Å². The molecule has 0 unspecified atom stereocenters. The summed E-state index contributed by atoms with van der Waals surface area (Å²) in [6, 6.07) is 11.5. The molecule has 0 saturated heterocycles. The number of aromatic nitrogens is 2. The Balaban J connectivity index is 1.62. The summed E-state index contributed by atoms with van der Waals surface area (Å²) >= 11 is 0. The third-order valence-electron chi connectivity index (χ3n) is 4.97. The Morgan fingerprint density at radius 2 is 1.90 bits per heavy atom. The Kier molecular flexibility index (Phi) is 6.27. The lowest BCUT2D eigenvalue weighted by Crippen LogP contribution is -2.46. The molecule has 0 aliphatic carbocycles. The first-order valence-electron chi connectivity index (χ1n) is 9.62. The van der Waals surface area contributed by atoms with E-state index in [4.69, 9.17) is 0 Å². The van der Waals surface area contributed by atoms with Gasteiger partial charge in [-0.2, -0.15) is 0 Å². The summed E-state index contributed by atoms with van der Waals surface area (Å²) in [7, 11) is 1.72. The normalized spacial score (nSPS) is 12.0. The predicted molar refractivity (Wildman–Crippen MR) is 116 cm³/mol. The minimum atomic E-state index is -0.619. The Hall–Kier alpha value is -3.52. The largest absolute Gasteiger partial charge is 0.325 e. The van der Waals surface area contributed by atoms with Gasteiger partial charge in [-0.25, -0.2) is 9.78 Å². The van der Waals surface area contributed by atoms with Gasteiger partial charge in [-0.05, 0) is 51.6 Å². The number of rotatable bonds is 5. The van der Waals surface area contributed by atoms with Crippen LogP contribution in [0.2, 0.25) is 0 Å². The van der Waals surface area contributed by atoms with Crippen molar-refractivity contribution in [3.05, 3.63) is 69.8 Å². The SMILES string of the molecule is Cc1ccc(NC(=O)NC(=O)[C@H](C)N(C)Cc2nc3ccccc3c(=O)[nH]2)c(C)c1. The first-order chi connectivity index (χ1) is 14.2. The van der Waals surface area contributed by atoms with Crippen molar-refractivity contribution < 1.29 is 9.59 Å². The maximum Gasteiger partial charge on any atom is 0.325 e. The number of fused-ring (bicyclic) bond motifs is 1. The summed E-state index contributed by atoms with van der Waals surface area (Å²) in [4.78, 5) is 45.8. The monoisotopic (exact) mass is 407 g/mol. The first-order valence-corrected chi connectivity index (χ1v) is 9.62. The number of benzene rings is 2. The summed E-state index contributed by atoms with van der Waals surface area (Å²) < 4.78 is 0. The summed E-state index contributed by atoms with van der Waals surface area (Å²) in [6.07, 6.45) is 0. The van der Waals surface area contributed by atoms with Gasteiger partial charge in [0.05, 0.1) is 23.5 Å². The number of H-pyrrole nitrogens is 1. The molecule has 0 spiro atoms. The van der Waals surface area contributed by atoms with E-state index in [1.807, 2.05) is 32.0 Å². The van der Waals surface area contributed by atoms with Crippen molar-refractivity contribution in [2.45, 2.75) is 33.4 Å². The van der Waals surface area contributed by atoms with E-state index in [-0.39, 0.29) is 12.1 Å². The number of nitrogens with zero attached hydrogens (tertiary/aromatic N) is 2. The van der Waals surface area contributed by atoms with Crippen molar-refractivity contribution >= 4 is 28.5 Å². The van der Waals surface area contributed by atoms with E-state index in [9.17, 15) is 14.4 Å². The summed E-state index contributed by atoms with van der Waals surface area (Å²) in [5.41, 5.74) is 3.01. The van der Waals surface area contributed by atoms with Gasteiger partial charge >= 0.3 is 6.03 Å². The summed E-state index contributed by atoms with van der Waals surface area (Å²) in [5, 5.41) is 5.56. The first kappa shape index (κ1) is 21.2. The molecular formula is C22H25N5O3. The summed E-state index contributed by atoms with van der Waals surface area (Å²) in [6.45, 7) is 5.78. The summed E-state index contributed by atoms with van der Waals surface area (Å²) in [5.74, 6) is -0.0107. The van der Waals surface area contributed by atoms with E-state index in [0.29, 0.717) is 22.4 Å². The third-order valence-corrected chi connectivity index (χ3v) is 4.97.